The maximum absolute atomic E-state index is 8.36. The summed E-state index contributed by atoms with van der Waals surface area (Å²) < 4.78 is 0. The second kappa shape index (κ2) is 29.7. The first kappa shape index (κ1) is 23.0. The number of rotatable bonds is 3. The lowest BCUT2D eigenvalue weighted by molar-refractivity contribution is -0.123. The highest BCUT2D eigenvalue weighted by atomic mass is 16.3. The van der Waals surface area contributed by atoms with E-state index in [1.807, 2.05) is 0 Å². The Morgan fingerprint density at radius 3 is 1.07 bits per heavy atom. The minimum absolute atomic E-state index is 0. The van der Waals surface area contributed by atoms with Crippen molar-refractivity contribution >= 4 is 12.9 Å². The van der Waals surface area contributed by atoms with E-state index >= 15 is 0 Å². The summed E-state index contributed by atoms with van der Waals surface area (Å²) in [7, 11) is 0. The molecule has 0 aliphatic carbocycles. The van der Waals surface area contributed by atoms with Gasteiger partial charge in [-0.25, -0.2) is 0 Å². The molecule has 0 aromatic carbocycles. The smallest absolute Gasteiger partial charge is 0.290 e. The van der Waals surface area contributed by atoms with Gasteiger partial charge < -0.3 is 21.3 Å². The van der Waals surface area contributed by atoms with Crippen molar-refractivity contribution in [2.24, 2.45) is 0 Å². The minimum atomic E-state index is -0.250. The molecule has 0 unspecified atom stereocenters. The molecular weight excluding hydrogens is 188 g/mol. The fourth-order valence-corrected chi connectivity index (χ4v) is 0.671. The van der Waals surface area contributed by atoms with E-state index in [2.05, 4.69) is 25.7 Å². The number of carbonyl (C=O) groups is 2. The zero-order chi connectivity index (χ0) is 11.1. The van der Waals surface area contributed by atoms with E-state index in [1.165, 1.54) is 19.6 Å². The van der Waals surface area contributed by atoms with Gasteiger partial charge in [0.15, 0.2) is 0 Å². The highest BCUT2D eigenvalue weighted by Gasteiger charge is 1.89. The molecule has 0 aliphatic heterocycles. The second-order valence-electron chi connectivity index (χ2n) is 1.83. The molecule has 0 spiro atoms. The SMILES string of the molecule is CCN(CC)CC.N.O=CO.O=CO. The topological polar surface area (TPSA) is 113 Å². The van der Waals surface area contributed by atoms with Crippen LogP contribution in [0.3, 0.4) is 0 Å². The van der Waals surface area contributed by atoms with E-state index in [4.69, 9.17) is 19.8 Å². The molecule has 6 heteroatoms. The third-order valence-corrected chi connectivity index (χ3v) is 1.34. The zero-order valence-electron chi connectivity index (χ0n) is 9.14. The normalized spacial score (nSPS) is 6.86. The van der Waals surface area contributed by atoms with E-state index in [0.29, 0.717) is 0 Å². The Morgan fingerprint density at radius 1 is 0.929 bits per heavy atom. The predicted octanol–water partition coefficient (Wildman–Crippen LogP) is 0.912. The number of nitrogens with zero attached hydrogens (tertiary/aromatic N) is 1. The van der Waals surface area contributed by atoms with Crippen molar-refractivity contribution in [3.8, 4) is 0 Å². The summed E-state index contributed by atoms with van der Waals surface area (Å²) in [6.07, 6.45) is 0. The molecule has 0 fully saturated rings. The van der Waals surface area contributed by atoms with Gasteiger partial charge >= 0.3 is 0 Å². The molecule has 0 bridgehead atoms. The molecule has 0 aromatic rings. The van der Waals surface area contributed by atoms with Crippen LogP contribution in [0.4, 0.5) is 0 Å². The Hall–Kier alpha value is -1.14. The summed E-state index contributed by atoms with van der Waals surface area (Å²) in [6, 6.07) is 0. The maximum atomic E-state index is 8.36. The molecule has 0 saturated heterocycles. The van der Waals surface area contributed by atoms with Gasteiger partial charge in [-0.1, -0.05) is 20.8 Å². The van der Waals surface area contributed by atoms with Crippen molar-refractivity contribution in [2.45, 2.75) is 20.8 Å². The first-order valence-corrected chi connectivity index (χ1v) is 4.06. The Morgan fingerprint density at radius 2 is 1.07 bits per heavy atom. The lowest BCUT2D eigenvalue weighted by atomic mass is 10.5. The van der Waals surface area contributed by atoms with Crippen molar-refractivity contribution in [1.82, 2.24) is 11.1 Å². The number of hydrogen-bond donors (Lipinski definition) is 3. The fraction of sp³-hybridized carbons (Fsp3) is 0.750. The van der Waals surface area contributed by atoms with Crippen LogP contribution in [0.5, 0.6) is 0 Å². The predicted molar refractivity (Wildman–Crippen MR) is 55.9 cm³/mol. The van der Waals surface area contributed by atoms with Crippen LogP contribution < -0.4 is 6.15 Å². The average molecular weight is 210 g/mol. The van der Waals surface area contributed by atoms with Crippen LogP contribution in [0, 0.1) is 0 Å². The van der Waals surface area contributed by atoms with Gasteiger partial charge in [0, 0.05) is 0 Å². The van der Waals surface area contributed by atoms with Gasteiger partial charge in [-0.05, 0) is 19.6 Å². The Kier molecular flexibility index (Phi) is 48.9. The second-order valence-corrected chi connectivity index (χ2v) is 1.83. The summed E-state index contributed by atoms with van der Waals surface area (Å²) in [5.41, 5.74) is 0. The Bertz CT molecular complexity index is 85.8. The van der Waals surface area contributed by atoms with Gasteiger partial charge in [0.2, 0.25) is 0 Å². The Balaban J connectivity index is -0.0000000610. The number of carboxylic acid groups (broad SMARTS) is 2. The van der Waals surface area contributed by atoms with Crippen LogP contribution in [0.15, 0.2) is 0 Å². The van der Waals surface area contributed by atoms with E-state index in [9.17, 15) is 0 Å². The van der Waals surface area contributed by atoms with Crippen LogP contribution >= 0.6 is 0 Å². The van der Waals surface area contributed by atoms with Crippen molar-refractivity contribution in [3.05, 3.63) is 0 Å². The molecule has 0 rings (SSSR count). The molecule has 0 aliphatic rings. The van der Waals surface area contributed by atoms with Crippen LogP contribution in [0.1, 0.15) is 20.8 Å². The summed E-state index contributed by atoms with van der Waals surface area (Å²) in [5, 5.41) is 13.8. The van der Waals surface area contributed by atoms with Crippen LogP contribution in [-0.2, 0) is 9.59 Å². The van der Waals surface area contributed by atoms with Crippen molar-refractivity contribution in [1.29, 1.82) is 0 Å². The molecule has 0 saturated carbocycles. The van der Waals surface area contributed by atoms with Gasteiger partial charge in [0.1, 0.15) is 0 Å². The van der Waals surface area contributed by atoms with E-state index < -0.39 is 0 Å². The first-order valence-electron chi connectivity index (χ1n) is 4.06. The first-order chi connectivity index (χ1) is 6.17. The van der Waals surface area contributed by atoms with Crippen molar-refractivity contribution in [2.75, 3.05) is 19.6 Å². The van der Waals surface area contributed by atoms with Crippen molar-refractivity contribution in [3.63, 3.8) is 0 Å². The van der Waals surface area contributed by atoms with E-state index in [0.717, 1.165) is 0 Å². The summed E-state index contributed by atoms with van der Waals surface area (Å²) in [5.74, 6) is 0. The monoisotopic (exact) mass is 210 g/mol. The lowest BCUT2D eigenvalue weighted by Gasteiger charge is -2.13. The largest absolute Gasteiger partial charge is 0.483 e. The highest BCUT2D eigenvalue weighted by molar-refractivity contribution is 5.32. The molecule has 0 aromatic heterocycles. The standard InChI is InChI=1S/C6H15N.2CH2O2.H3N/c1-4-7(5-2)6-3;2*2-1-3;/h4-6H2,1-3H3;2*1H,(H,2,3);1H3. The molecule has 88 valence electrons. The van der Waals surface area contributed by atoms with Gasteiger partial charge in [-0.3, -0.25) is 9.59 Å². The molecule has 5 N–H and O–H groups in total. The fourth-order valence-electron chi connectivity index (χ4n) is 0.671. The van der Waals surface area contributed by atoms with E-state index in [1.54, 1.807) is 0 Å². The van der Waals surface area contributed by atoms with E-state index in [-0.39, 0.29) is 19.1 Å². The quantitative estimate of drug-likeness (QED) is 0.597. The zero-order valence-corrected chi connectivity index (χ0v) is 9.14. The number of hydrogen-bond acceptors (Lipinski definition) is 4. The average Bonchev–Trinajstić information content (AvgIpc) is 2.10. The molecule has 14 heavy (non-hydrogen) atoms. The highest BCUT2D eigenvalue weighted by Crippen LogP contribution is 1.81. The molecule has 0 heterocycles. The molecule has 6 nitrogen and oxygen atoms in total. The summed E-state index contributed by atoms with van der Waals surface area (Å²) in [6.45, 7) is 9.62. The summed E-state index contributed by atoms with van der Waals surface area (Å²) in [4.78, 5) is 19.1. The van der Waals surface area contributed by atoms with Crippen molar-refractivity contribution < 1.29 is 19.8 Å². The van der Waals surface area contributed by atoms with Crippen LogP contribution in [0.2, 0.25) is 0 Å². The van der Waals surface area contributed by atoms with Gasteiger partial charge in [-0.2, -0.15) is 0 Å². The van der Waals surface area contributed by atoms with Crippen LogP contribution in [0.25, 0.3) is 0 Å². The molecule has 0 radical (unpaired) electrons. The van der Waals surface area contributed by atoms with Gasteiger partial charge in [-0.15, -0.1) is 0 Å². The Labute approximate surface area is 85.1 Å². The molecular formula is C8H22N2O4. The molecule has 0 atom stereocenters. The third-order valence-electron chi connectivity index (χ3n) is 1.34. The van der Waals surface area contributed by atoms with Gasteiger partial charge in [0.25, 0.3) is 12.9 Å². The molecule has 0 amide bonds. The summed E-state index contributed by atoms with van der Waals surface area (Å²) >= 11 is 0. The van der Waals surface area contributed by atoms with Crippen LogP contribution in [-0.4, -0.2) is 47.7 Å². The van der Waals surface area contributed by atoms with Gasteiger partial charge in [0.05, 0.1) is 0 Å². The maximum Gasteiger partial charge on any atom is 0.290 e. The minimum Gasteiger partial charge on any atom is -0.483 e. The third kappa shape index (κ3) is 44.7. The lowest BCUT2D eigenvalue weighted by Crippen LogP contribution is -2.21.